The van der Waals surface area contributed by atoms with Crippen molar-refractivity contribution in [1.82, 2.24) is 5.32 Å². The van der Waals surface area contributed by atoms with Crippen LogP contribution in [0.25, 0.3) is 0 Å². The minimum absolute atomic E-state index is 0. The van der Waals surface area contributed by atoms with Crippen LogP contribution < -0.4 is 5.32 Å². The molecular weight excluding hydrogens is 219 g/mol. The second kappa shape index (κ2) is 5.78. The average Bonchev–Trinajstić information content (AvgIpc) is 2.04. The Hall–Kier alpha value is 0. The standard InChI is InChI=1S/C8H14F3NO.ClH/c1-13-5-6-2-3-7(12-4-6)8(9,10)11;/h6-7,12H,2-5H2,1H3;1H/t6-,7-;/m1./s1. The van der Waals surface area contributed by atoms with Crippen molar-refractivity contribution in [2.45, 2.75) is 25.1 Å². The molecule has 6 heteroatoms. The van der Waals surface area contributed by atoms with E-state index in [1.807, 2.05) is 0 Å². The number of piperidine rings is 1. The van der Waals surface area contributed by atoms with Crippen LogP contribution in [-0.4, -0.2) is 32.5 Å². The molecule has 1 aliphatic rings. The summed E-state index contributed by atoms with van der Waals surface area (Å²) in [5.41, 5.74) is 0. The number of nitrogens with one attached hydrogen (secondary N) is 1. The van der Waals surface area contributed by atoms with Gasteiger partial charge in [-0.05, 0) is 18.8 Å². The van der Waals surface area contributed by atoms with Gasteiger partial charge < -0.3 is 10.1 Å². The first-order chi connectivity index (χ1) is 6.04. The number of methoxy groups -OCH3 is 1. The fourth-order valence-corrected chi connectivity index (χ4v) is 1.57. The highest BCUT2D eigenvalue weighted by Crippen LogP contribution is 2.27. The first-order valence-electron chi connectivity index (χ1n) is 4.33. The quantitative estimate of drug-likeness (QED) is 0.788. The zero-order chi connectivity index (χ0) is 9.90. The van der Waals surface area contributed by atoms with Crippen molar-refractivity contribution in [2.24, 2.45) is 5.92 Å². The molecule has 0 bridgehead atoms. The van der Waals surface area contributed by atoms with E-state index >= 15 is 0 Å². The minimum atomic E-state index is -4.10. The van der Waals surface area contributed by atoms with Gasteiger partial charge in [-0.3, -0.25) is 0 Å². The molecule has 1 fully saturated rings. The summed E-state index contributed by atoms with van der Waals surface area (Å²) >= 11 is 0. The van der Waals surface area contributed by atoms with Crippen molar-refractivity contribution < 1.29 is 17.9 Å². The van der Waals surface area contributed by atoms with Crippen molar-refractivity contribution >= 4 is 12.4 Å². The predicted molar refractivity (Wildman–Crippen MR) is 49.7 cm³/mol. The van der Waals surface area contributed by atoms with E-state index in [1.54, 1.807) is 7.11 Å². The molecule has 0 aromatic carbocycles. The molecule has 2 atom stereocenters. The van der Waals surface area contributed by atoms with Gasteiger partial charge in [0.2, 0.25) is 0 Å². The van der Waals surface area contributed by atoms with Crippen LogP contribution in [-0.2, 0) is 4.74 Å². The summed E-state index contributed by atoms with van der Waals surface area (Å²) < 4.78 is 41.4. The van der Waals surface area contributed by atoms with Crippen LogP contribution in [0.1, 0.15) is 12.8 Å². The minimum Gasteiger partial charge on any atom is -0.384 e. The summed E-state index contributed by atoms with van der Waals surface area (Å²) in [6.45, 7) is 0.940. The highest BCUT2D eigenvalue weighted by Gasteiger charge is 2.41. The number of ether oxygens (including phenoxy) is 1. The van der Waals surface area contributed by atoms with Gasteiger partial charge in [0, 0.05) is 13.7 Å². The van der Waals surface area contributed by atoms with Gasteiger partial charge in [-0.2, -0.15) is 13.2 Å². The lowest BCUT2D eigenvalue weighted by atomic mass is 9.95. The van der Waals surface area contributed by atoms with Crippen LogP contribution in [0, 0.1) is 5.92 Å². The highest BCUT2D eigenvalue weighted by molar-refractivity contribution is 5.85. The van der Waals surface area contributed by atoms with Crippen LogP contribution in [0.5, 0.6) is 0 Å². The van der Waals surface area contributed by atoms with Crippen LogP contribution in [0.4, 0.5) is 13.2 Å². The maximum atomic E-state index is 12.2. The first-order valence-corrected chi connectivity index (χ1v) is 4.33. The van der Waals surface area contributed by atoms with Gasteiger partial charge >= 0.3 is 6.18 Å². The molecule has 1 heterocycles. The van der Waals surface area contributed by atoms with Crippen LogP contribution in [0.15, 0.2) is 0 Å². The van der Waals surface area contributed by atoms with Crippen molar-refractivity contribution in [1.29, 1.82) is 0 Å². The summed E-state index contributed by atoms with van der Waals surface area (Å²) in [6, 6.07) is -1.32. The van der Waals surface area contributed by atoms with E-state index in [9.17, 15) is 13.2 Å². The maximum Gasteiger partial charge on any atom is 0.403 e. The molecule has 1 aliphatic heterocycles. The summed E-state index contributed by atoms with van der Waals surface area (Å²) in [5, 5.41) is 2.49. The van der Waals surface area contributed by atoms with Crippen molar-refractivity contribution in [3.8, 4) is 0 Å². The Bertz CT molecular complexity index is 157. The molecule has 1 rings (SSSR count). The summed E-state index contributed by atoms with van der Waals surface area (Å²) in [7, 11) is 1.57. The van der Waals surface area contributed by atoms with Crippen LogP contribution >= 0.6 is 12.4 Å². The lowest BCUT2D eigenvalue weighted by Gasteiger charge is -2.30. The Labute approximate surface area is 87.6 Å². The van der Waals surface area contributed by atoms with Gasteiger partial charge in [-0.1, -0.05) is 0 Å². The predicted octanol–water partition coefficient (Wildman–Crippen LogP) is 1.99. The Morgan fingerprint density at radius 1 is 1.36 bits per heavy atom. The molecule has 0 spiro atoms. The van der Waals surface area contributed by atoms with Gasteiger partial charge in [0.1, 0.15) is 6.04 Å². The molecule has 2 nitrogen and oxygen atoms in total. The van der Waals surface area contributed by atoms with E-state index in [0.717, 1.165) is 0 Å². The molecule has 0 aromatic rings. The zero-order valence-electron chi connectivity index (χ0n) is 7.93. The summed E-state index contributed by atoms with van der Waals surface area (Å²) in [5.74, 6) is 0.226. The highest BCUT2D eigenvalue weighted by atomic mass is 35.5. The van der Waals surface area contributed by atoms with Crippen molar-refractivity contribution in [3.05, 3.63) is 0 Å². The van der Waals surface area contributed by atoms with Gasteiger partial charge in [-0.25, -0.2) is 0 Å². The zero-order valence-corrected chi connectivity index (χ0v) is 8.75. The summed E-state index contributed by atoms with van der Waals surface area (Å²) in [6.07, 6.45) is -3.35. The third-order valence-electron chi connectivity index (χ3n) is 2.31. The van der Waals surface area contributed by atoms with E-state index in [2.05, 4.69) is 5.32 Å². The van der Waals surface area contributed by atoms with Gasteiger partial charge in [0.15, 0.2) is 0 Å². The van der Waals surface area contributed by atoms with Crippen LogP contribution in [0.3, 0.4) is 0 Å². The Balaban J connectivity index is 0.00000169. The largest absolute Gasteiger partial charge is 0.403 e. The number of hydrogen-bond acceptors (Lipinski definition) is 2. The third-order valence-corrected chi connectivity index (χ3v) is 2.31. The molecule has 14 heavy (non-hydrogen) atoms. The van der Waals surface area contributed by atoms with E-state index in [4.69, 9.17) is 4.74 Å². The third kappa shape index (κ3) is 4.02. The van der Waals surface area contributed by atoms with Crippen molar-refractivity contribution in [3.63, 3.8) is 0 Å². The molecule has 0 unspecified atom stereocenters. The van der Waals surface area contributed by atoms with Crippen LogP contribution in [0.2, 0.25) is 0 Å². The second-order valence-corrected chi connectivity index (χ2v) is 3.40. The maximum absolute atomic E-state index is 12.2. The fraction of sp³-hybridized carbons (Fsp3) is 1.00. The lowest BCUT2D eigenvalue weighted by molar-refractivity contribution is -0.162. The molecule has 0 radical (unpaired) electrons. The number of hydrogen-bond donors (Lipinski definition) is 1. The fourth-order valence-electron chi connectivity index (χ4n) is 1.57. The van der Waals surface area contributed by atoms with E-state index in [0.29, 0.717) is 19.6 Å². The second-order valence-electron chi connectivity index (χ2n) is 3.40. The molecule has 1 N–H and O–H groups in total. The topological polar surface area (TPSA) is 21.3 Å². The molecule has 0 aromatic heterocycles. The summed E-state index contributed by atoms with van der Waals surface area (Å²) in [4.78, 5) is 0. The SMILES string of the molecule is COC[C@@H]1CC[C@H](C(F)(F)F)NC1.Cl. The molecule has 0 amide bonds. The average molecular weight is 234 g/mol. The lowest BCUT2D eigenvalue weighted by Crippen LogP contribution is -2.48. The van der Waals surface area contributed by atoms with Gasteiger partial charge in [-0.15, -0.1) is 12.4 Å². The molecule has 0 saturated carbocycles. The molecule has 1 saturated heterocycles. The molecule has 0 aliphatic carbocycles. The Morgan fingerprint density at radius 2 is 2.00 bits per heavy atom. The smallest absolute Gasteiger partial charge is 0.384 e. The normalized spacial score (nSPS) is 28.3. The van der Waals surface area contributed by atoms with E-state index < -0.39 is 12.2 Å². The van der Waals surface area contributed by atoms with E-state index in [-0.39, 0.29) is 24.7 Å². The number of rotatable bonds is 2. The Kier molecular flexibility index (Phi) is 5.78. The van der Waals surface area contributed by atoms with Crippen molar-refractivity contribution in [2.75, 3.05) is 20.3 Å². The first kappa shape index (κ1) is 14.0. The number of alkyl halides is 3. The molecule has 86 valence electrons. The van der Waals surface area contributed by atoms with Gasteiger partial charge in [0.05, 0.1) is 6.61 Å². The molecular formula is C8H15ClF3NO. The van der Waals surface area contributed by atoms with Gasteiger partial charge in [0.25, 0.3) is 0 Å². The van der Waals surface area contributed by atoms with E-state index in [1.165, 1.54) is 0 Å². The number of halogens is 4. The monoisotopic (exact) mass is 233 g/mol. The Morgan fingerprint density at radius 3 is 2.36 bits per heavy atom.